The van der Waals surface area contributed by atoms with E-state index in [1.165, 1.54) is 25.2 Å². The van der Waals surface area contributed by atoms with Crippen LogP contribution in [-0.2, 0) is 16.1 Å². The molecule has 0 atom stereocenters. The van der Waals surface area contributed by atoms with Gasteiger partial charge < -0.3 is 19.2 Å². The monoisotopic (exact) mass is 373 g/mol. The topological polar surface area (TPSA) is 111 Å². The van der Waals surface area contributed by atoms with Crippen molar-refractivity contribution >= 4 is 23.3 Å². The van der Waals surface area contributed by atoms with Crippen LogP contribution in [0.4, 0.5) is 5.69 Å². The van der Waals surface area contributed by atoms with Gasteiger partial charge in [-0.25, -0.2) is 4.98 Å². The van der Waals surface area contributed by atoms with Gasteiger partial charge in [-0.2, -0.15) is 0 Å². The van der Waals surface area contributed by atoms with Gasteiger partial charge in [-0.3, -0.25) is 19.3 Å². The zero-order chi connectivity index (χ0) is 19.4. The molecule has 3 rings (SSSR count). The molecule has 9 nitrogen and oxygen atoms in total. The molecule has 1 N–H and O–H groups in total. The summed E-state index contributed by atoms with van der Waals surface area (Å²) in [5.41, 5.74) is 1.03. The largest absolute Gasteiger partial charge is 0.482 e. The number of ether oxygens (including phenoxy) is 2. The molecule has 0 radical (unpaired) electrons. The van der Waals surface area contributed by atoms with Gasteiger partial charge in [-0.15, -0.1) is 0 Å². The summed E-state index contributed by atoms with van der Waals surface area (Å²) < 4.78 is 15.6. The fourth-order valence-corrected chi connectivity index (χ4v) is 2.57. The molecule has 2 heterocycles. The zero-order valence-corrected chi connectivity index (χ0v) is 15.0. The van der Waals surface area contributed by atoms with E-state index in [2.05, 4.69) is 10.3 Å². The molecule has 0 bridgehead atoms. The Bertz CT molecular complexity index is 876. The highest BCUT2D eigenvalue weighted by molar-refractivity contribution is 6.01. The number of anilines is 1. The van der Waals surface area contributed by atoms with Crippen LogP contribution in [0.1, 0.15) is 33.7 Å². The van der Waals surface area contributed by atoms with E-state index in [0.29, 0.717) is 30.2 Å². The Kier molecular flexibility index (Phi) is 5.51. The van der Waals surface area contributed by atoms with Crippen LogP contribution in [0.25, 0.3) is 0 Å². The van der Waals surface area contributed by atoms with Crippen LogP contribution in [0.3, 0.4) is 0 Å². The lowest BCUT2D eigenvalue weighted by Crippen LogP contribution is -2.38. The molecule has 0 fully saturated rings. The fraction of sp³-hybridized carbons (Fsp3) is 0.333. The molecule has 1 aliphatic heterocycles. The SMILES string of the molecule is COCCNC(=O)c1coc(CN2C(=O)COc3ccc(C(C)=O)cc32)n1. The maximum absolute atomic E-state index is 12.3. The fourth-order valence-electron chi connectivity index (χ4n) is 2.57. The average molecular weight is 373 g/mol. The molecule has 0 unspecified atom stereocenters. The Balaban J connectivity index is 1.78. The van der Waals surface area contributed by atoms with E-state index < -0.39 is 5.91 Å². The number of amides is 2. The Morgan fingerprint density at radius 1 is 1.37 bits per heavy atom. The Morgan fingerprint density at radius 2 is 2.19 bits per heavy atom. The second-order valence-corrected chi connectivity index (χ2v) is 5.88. The number of fused-ring (bicyclic) bond motifs is 1. The van der Waals surface area contributed by atoms with Crippen LogP contribution >= 0.6 is 0 Å². The maximum Gasteiger partial charge on any atom is 0.273 e. The van der Waals surface area contributed by atoms with E-state index in [1.807, 2.05) is 0 Å². The van der Waals surface area contributed by atoms with E-state index in [4.69, 9.17) is 13.9 Å². The number of oxazole rings is 1. The van der Waals surface area contributed by atoms with E-state index >= 15 is 0 Å². The van der Waals surface area contributed by atoms with Gasteiger partial charge in [0.1, 0.15) is 18.6 Å². The van der Waals surface area contributed by atoms with Crippen molar-refractivity contribution in [3.8, 4) is 5.75 Å². The van der Waals surface area contributed by atoms with Crippen molar-refractivity contribution in [3.63, 3.8) is 0 Å². The molecule has 142 valence electrons. The molecule has 1 aliphatic rings. The van der Waals surface area contributed by atoms with Crippen molar-refractivity contribution in [1.82, 2.24) is 10.3 Å². The van der Waals surface area contributed by atoms with Gasteiger partial charge in [0, 0.05) is 19.2 Å². The van der Waals surface area contributed by atoms with Gasteiger partial charge in [-0.05, 0) is 25.1 Å². The summed E-state index contributed by atoms with van der Waals surface area (Å²) in [5.74, 6) is -0.131. The van der Waals surface area contributed by atoms with Crippen molar-refractivity contribution in [1.29, 1.82) is 0 Å². The summed E-state index contributed by atoms with van der Waals surface area (Å²) in [7, 11) is 1.54. The molecule has 9 heteroatoms. The lowest BCUT2D eigenvalue weighted by atomic mass is 10.1. The van der Waals surface area contributed by atoms with Crippen LogP contribution in [0.2, 0.25) is 0 Å². The lowest BCUT2D eigenvalue weighted by molar-refractivity contribution is -0.121. The number of carbonyl (C=O) groups excluding carboxylic acids is 3. The number of nitrogens with zero attached hydrogens (tertiary/aromatic N) is 2. The minimum Gasteiger partial charge on any atom is -0.482 e. The number of rotatable bonds is 7. The minimum atomic E-state index is -0.394. The highest BCUT2D eigenvalue weighted by Crippen LogP contribution is 2.34. The summed E-state index contributed by atoms with van der Waals surface area (Å²) in [5, 5.41) is 2.64. The number of Topliss-reactive ketones (excluding diaryl/α,β-unsaturated/α-hetero) is 1. The number of hydrogen-bond donors (Lipinski definition) is 1. The number of benzene rings is 1. The quantitative estimate of drug-likeness (QED) is 0.573. The second kappa shape index (κ2) is 8.00. The molecule has 2 amide bonds. The smallest absolute Gasteiger partial charge is 0.273 e. The Hall–Kier alpha value is -3.20. The van der Waals surface area contributed by atoms with E-state index in [9.17, 15) is 14.4 Å². The van der Waals surface area contributed by atoms with Crippen molar-refractivity contribution in [2.75, 3.05) is 31.8 Å². The summed E-state index contributed by atoms with van der Waals surface area (Å²) in [6.45, 7) is 2.06. The first kappa shape index (κ1) is 18.6. The number of nitrogens with one attached hydrogen (secondary N) is 1. The average Bonchev–Trinajstić information content (AvgIpc) is 3.12. The van der Waals surface area contributed by atoms with E-state index in [0.717, 1.165) is 0 Å². The molecule has 1 aromatic heterocycles. The standard InChI is InChI=1S/C18H19N3O6/c1-11(22)12-3-4-15-14(7-12)21(17(23)10-26-15)8-16-20-13(9-27-16)18(24)19-5-6-25-2/h3-4,7,9H,5-6,8,10H2,1-2H3,(H,19,24). The van der Waals surface area contributed by atoms with Crippen molar-refractivity contribution in [2.45, 2.75) is 13.5 Å². The van der Waals surface area contributed by atoms with Crippen molar-refractivity contribution in [2.24, 2.45) is 0 Å². The third-order valence-electron chi connectivity index (χ3n) is 3.98. The van der Waals surface area contributed by atoms with Gasteiger partial charge >= 0.3 is 0 Å². The molecule has 1 aromatic carbocycles. The van der Waals surface area contributed by atoms with E-state index in [1.54, 1.807) is 18.2 Å². The first-order valence-corrected chi connectivity index (χ1v) is 8.29. The second-order valence-electron chi connectivity index (χ2n) is 5.88. The molecule has 0 saturated carbocycles. The number of methoxy groups -OCH3 is 1. The van der Waals surface area contributed by atoms with Crippen LogP contribution in [0, 0.1) is 0 Å². The first-order valence-electron chi connectivity index (χ1n) is 8.29. The summed E-state index contributed by atoms with van der Waals surface area (Å²) in [6.07, 6.45) is 1.23. The number of hydrogen-bond acceptors (Lipinski definition) is 7. The summed E-state index contributed by atoms with van der Waals surface area (Å²) >= 11 is 0. The van der Waals surface area contributed by atoms with Gasteiger partial charge in [-0.1, -0.05) is 0 Å². The van der Waals surface area contributed by atoms with Gasteiger partial charge in [0.2, 0.25) is 5.89 Å². The molecule has 0 spiro atoms. The third-order valence-corrected chi connectivity index (χ3v) is 3.98. The molecule has 0 aliphatic carbocycles. The van der Waals surface area contributed by atoms with Gasteiger partial charge in [0.15, 0.2) is 18.1 Å². The predicted octanol–water partition coefficient (Wildman–Crippen LogP) is 1.18. The molecule has 27 heavy (non-hydrogen) atoms. The highest BCUT2D eigenvalue weighted by Gasteiger charge is 2.28. The minimum absolute atomic E-state index is 0.0158. The predicted molar refractivity (Wildman–Crippen MR) is 93.8 cm³/mol. The van der Waals surface area contributed by atoms with Crippen LogP contribution < -0.4 is 15.0 Å². The van der Waals surface area contributed by atoms with Crippen molar-refractivity contribution in [3.05, 3.63) is 41.6 Å². The van der Waals surface area contributed by atoms with Gasteiger partial charge in [0.25, 0.3) is 11.8 Å². The first-order chi connectivity index (χ1) is 13.0. The molecule has 2 aromatic rings. The lowest BCUT2D eigenvalue weighted by Gasteiger charge is -2.28. The van der Waals surface area contributed by atoms with Crippen molar-refractivity contribution < 1.29 is 28.3 Å². The summed E-state index contributed by atoms with van der Waals surface area (Å²) in [4.78, 5) is 41.5. The van der Waals surface area contributed by atoms with E-state index in [-0.39, 0.29) is 36.4 Å². The Morgan fingerprint density at radius 3 is 2.93 bits per heavy atom. The van der Waals surface area contributed by atoms with Gasteiger partial charge in [0.05, 0.1) is 12.3 Å². The normalized spacial score (nSPS) is 13.1. The Labute approximate surface area is 155 Å². The number of carbonyl (C=O) groups is 3. The maximum atomic E-state index is 12.3. The van der Waals surface area contributed by atoms with Crippen LogP contribution in [-0.4, -0.2) is 49.4 Å². The zero-order valence-electron chi connectivity index (χ0n) is 15.0. The number of aromatic nitrogens is 1. The van der Waals surface area contributed by atoms with Crippen LogP contribution in [0.15, 0.2) is 28.9 Å². The molecular formula is C18H19N3O6. The molecular weight excluding hydrogens is 354 g/mol. The third kappa shape index (κ3) is 4.14. The molecule has 0 saturated heterocycles. The number of ketones is 1. The highest BCUT2D eigenvalue weighted by atomic mass is 16.5. The summed E-state index contributed by atoms with van der Waals surface area (Å²) in [6, 6.07) is 4.88. The van der Waals surface area contributed by atoms with Crippen LogP contribution in [0.5, 0.6) is 5.75 Å².